The Morgan fingerprint density at radius 1 is 0.932 bits per heavy atom. The van der Waals surface area contributed by atoms with Gasteiger partial charge in [-0.2, -0.15) is 0 Å². The summed E-state index contributed by atoms with van der Waals surface area (Å²) in [5.74, 6) is -0.656. The highest BCUT2D eigenvalue weighted by Gasteiger charge is 2.38. The monoisotopic (exact) mass is 606 g/mol. The number of nitrogens with zero attached hydrogens (tertiary/aromatic N) is 1. The van der Waals surface area contributed by atoms with Crippen LogP contribution in [0.4, 0.5) is 9.59 Å². The summed E-state index contributed by atoms with van der Waals surface area (Å²) in [5.41, 5.74) is 3.98. The molecule has 2 aliphatic rings. The number of nitrogens with one attached hydrogen (secondary N) is 3. The molecule has 2 aromatic rings. The number of carbonyl (C=O) groups excluding carboxylic acids is 4. The molecule has 0 bridgehead atoms. The molecule has 238 valence electrons. The molecular weight excluding hydrogens is 560 g/mol. The number of hydrogen-bond donors (Lipinski definition) is 3. The summed E-state index contributed by atoms with van der Waals surface area (Å²) in [6.45, 7) is 10.1. The van der Waals surface area contributed by atoms with Gasteiger partial charge >= 0.3 is 12.2 Å². The van der Waals surface area contributed by atoms with Crippen LogP contribution in [0.3, 0.4) is 0 Å². The molecule has 1 heterocycles. The number of amides is 4. The van der Waals surface area contributed by atoms with Gasteiger partial charge in [-0.1, -0.05) is 48.5 Å². The minimum atomic E-state index is -0.763. The van der Waals surface area contributed by atoms with Gasteiger partial charge in [-0.3, -0.25) is 14.5 Å². The highest BCUT2D eigenvalue weighted by Crippen LogP contribution is 2.44. The van der Waals surface area contributed by atoms with Gasteiger partial charge in [-0.15, -0.1) is 0 Å². The van der Waals surface area contributed by atoms with E-state index in [1.165, 1.54) is 16.0 Å². The van der Waals surface area contributed by atoms with Gasteiger partial charge in [0.15, 0.2) is 0 Å². The Labute approximate surface area is 260 Å². The van der Waals surface area contributed by atoms with Crippen LogP contribution in [0.1, 0.15) is 83.8 Å². The largest absolute Gasteiger partial charge is 0.449 e. The Bertz CT molecular complexity index is 1290. The minimum absolute atomic E-state index is 0.0110. The molecule has 1 fully saturated rings. The molecule has 3 N–H and O–H groups in total. The first-order chi connectivity index (χ1) is 20.9. The summed E-state index contributed by atoms with van der Waals surface area (Å²) >= 11 is 0. The average molecular weight is 607 g/mol. The van der Waals surface area contributed by atoms with E-state index in [0.717, 1.165) is 11.1 Å². The fraction of sp³-hybridized carbons (Fsp3) is 0.529. The molecule has 1 saturated heterocycles. The smallest absolute Gasteiger partial charge is 0.410 e. The van der Waals surface area contributed by atoms with Crippen molar-refractivity contribution in [3.05, 3.63) is 59.7 Å². The molecule has 4 rings (SSSR count). The first-order valence-electron chi connectivity index (χ1n) is 15.6. The third-order valence-electron chi connectivity index (χ3n) is 7.78. The van der Waals surface area contributed by atoms with Crippen molar-refractivity contribution >= 4 is 24.0 Å². The maximum Gasteiger partial charge on any atom is 0.410 e. The van der Waals surface area contributed by atoms with Gasteiger partial charge in [0.1, 0.15) is 24.3 Å². The molecule has 10 heteroatoms. The second kappa shape index (κ2) is 14.6. The van der Waals surface area contributed by atoms with Crippen LogP contribution < -0.4 is 16.0 Å². The lowest BCUT2D eigenvalue weighted by atomic mass is 9.98. The van der Waals surface area contributed by atoms with Crippen LogP contribution in [0.25, 0.3) is 11.1 Å². The van der Waals surface area contributed by atoms with Crippen LogP contribution in [0, 0.1) is 0 Å². The van der Waals surface area contributed by atoms with E-state index < -0.39 is 29.9 Å². The van der Waals surface area contributed by atoms with Crippen molar-refractivity contribution < 1.29 is 28.7 Å². The normalized spacial score (nSPS) is 16.6. The maximum absolute atomic E-state index is 13.2. The molecule has 0 aromatic heterocycles. The Morgan fingerprint density at radius 3 is 2.18 bits per heavy atom. The van der Waals surface area contributed by atoms with Crippen LogP contribution in [-0.4, -0.2) is 72.3 Å². The number of ether oxygens (including phenoxy) is 2. The maximum atomic E-state index is 13.2. The molecule has 44 heavy (non-hydrogen) atoms. The molecule has 0 unspecified atom stereocenters. The van der Waals surface area contributed by atoms with E-state index in [4.69, 9.17) is 9.47 Å². The van der Waals surface area contributed by atoms with E-state index in [9.17, 15) is 19.2 Å². The summed E-state index contributed by atoms with van der Waals surface area (Å²) in [6.07, 6.45) is 1.74. The zero-order valence-electron chi connectivity index (χ0n) is 26.5. The summed E-state index contributed by atoms with van der Waals surface area (Å²) in [6, 6.07) is 14.8. The molecule has 1 aliphatic carbocycles. The number of carbonyl (C=O) groups is 4. The van der Waals surface area contributed by atoms with Gasteiger partial charge in [0.25, 0.3) is 0 Å². The lowest BCUT2D eigenvalue weighted by Gasteiger charge is -2.29. The van der Waals surface area contributed by atoms with Crippen molar-refractivity contribution in [3.8, 4) is 11.1 Å². The van der Waals surface area contributed by atoms with Crippen molar-refractivity contribution in [2.24, 2.45) is 0 Å². The third kappa shape index (κ3) is 8.51. The van der Waals surface area contributed by atoms with Crippen LogP contribution >= 0.6 is 0 Å². The molecule has 2 atom stereocenters. The van der Waals surface area contributed by atoms with Gasteiger partial charge in [0.2, 0.25) is 11.8 Å². The van der Waals surface area contributed by atoms with E-state index in [0.29, 0.717) is 45.2 Å². The lowest BCUT2D eigenvalue weighted by Crippen LogP contribution is -2.54. The van der Waals surface area contributed by atoms with Crippen molar-refractivity contribution in [1.82, 2.24) is 20.9 Å². The number of hydrogen-bond acceptors (Lipinski definition) is 6. The topological polar surface area (TPSA) is 126 Å². The molecule has 0 saturated carbocycles. The van der Waals surface area contributed by atoms with Gasteiger partial charge in [0, 0.05) is 25.0 Å². The Kier molecular flexibility index (Phi) is 10.9. The van der Waals surface area contributed by atoms with Gasteiger partial charge < -0.3 is 25.4 Å². The summed E-state index contributed by atoms with van der Waals surface area (Å²) in [7, 11) is 0. The predicted octanol–water partition coefficient (Wildman–Crippen LogP) is 5.10. The fourth-order valence-electron chi connectivity index (χ4n) is 5.81. The third-order valence-corrected chi connectivity index (χ3v) is 7.78. The highest BCUT2D eigenvalue weighted by molar-refractivity contribution is 5.91. The average Bonchev–Trinajstić information content (AvgIpc) is 3.58. The number of unbranched alkanes of at least 4 members (excludes halogenated alkanes) is 1. The molecule has 4 amide bonds. The zero-order chi connectivity index (χ0) is 31.9. The van der Waals surface area contributed by atoms with E-state index in [1.54, 1.807) is 20.8 Å². The van der Waals surface area contributed by atoms with Crippen LogP contribution in [-0.2, 0) is 19.1 Å². The van der Waals surface area contributed by atoms with E-state index in [2.05, 4.69) is 40.2 Å². The first kappa shape index (κ1) is 32.8. The number of benzene rings is 2. The van der Waals surface area contributed by atoms with Crippen LogP contribution in [0.2, 0.25) is 0 Å². The first-order valence-corrected chi connectivity index (χ1v) is 15.6. The number of likely N-dealkylation sites (tertiary alicyclic amines) is 1. The number of rotatable bonds is 11. The molecule has 0 spiro atoms. The molecular formula is C34H46N4O6. The molecule has 1 aliphatic heterocycles. The SMILES string of the molecule is CC(C)NC(=O)[C@@H](CCCCNC(=O)OCC1c2ccccc2-c2ccccc21)NC(=O)[C@@H]1CCCN1C(=O)OC(C)(C)C. The molecule has 0 radical (unpaired) electrons. The minimum Gasteiger partial charge on any atom is -0.449 e. The Hall–Kier alpha value is -4.08. The van der Waals surface area contributed by atoms with Crippen molar-refractivity contribution in [3.63, 3.8) is 0 Å². The highest BCUT2D eigenvalue weighted by atomic mass is 16.6. The Morgan fingerprint density at radius 2 is 1.57 bits per heavy atom. The Balaban J connectivity index is 1.24. The van der Waals surface area contributed by atoms with Gasteiger partial charge in [0.05, 0.1) is 0 Å². The quantitative estimate of drug-likeness (QED) is 0.306. The molecule has 2 aromatic carbocycles. The molecule has 10 nitrogen and oxygen atoms in total. The van der Waals surface area contributed by atoms with Crippen LogP contribution in [0.15, 0.2) is 48.5 Å². The second-order valence-electron chi connectivity index (χ2n) is 12.8. The van der Waals surface area contributed by atoms with Crippen molar-refractivity contribution in [2.45, 2.75) is 96.4 Å². The summed E-state index contributed by atoms with van der Waals surface area (Å²) < 4.78 is 11.1. The van der Waals surface area contributed by atoms with Gasteiger partial charge in [-0.05, 0) is 89.0 Å². The predicted molar refractivity (Wildman–Crippen MR) is 168 cm³/mol. The summed E-state index contributed by atoms with van der Waals surface area (Å²) in [5, 5.41) is 8.54. The fourth-order valence-corrected chi connectivity index (χ4v) is 5.81. The van der Waals surface area contributed by atoms with Crippen molar-refractivity contribution in [2.75, 3.05) is 19.7 Å². The van der Waals surface area contributed by atoms with Crippen molar-refractivity contribution in [1.29, 1.82) is 0 Å². The lowest BCUT2D eigenvalue weighted by molar-refractivity contribution is -0.131. The van der Waals surface area contributed by atoms with Gasteiger partial charge in [-0.25, -0.2) is 9.59 Å². The van der Waals surface area contributed by atoms with Crippen LogP contribution in [0.5, 0.6) is 0 Å². The second-order valence-corrected chi connectivity index (χ2v) is 12.8. The zero-order valence-corrected chi connectivity index (χ0v) is 26.5. The van der Waals surface area contributed by atoms with E-state index in [1.807, 2.05) is 38.1 Å². The number of fused-ring (bicyclic) bond motifs is 3. The van der Waals surface area contributed by atoms with E-state index >= 15 is 0 Å². The number of alkyl carbamates (subject to hydrolysis) is 1. The standard InChI is InChI=1S/C34H46N4O6/c1-22(2)36-30(39)28(37-31(40)29-18-12-20-38(29)33(42)44-34(3,4)5)17-10-11-19-35-32(41)43-21-27-25-15-8-6-13-23(25)24-14-7-9-16-26(24)27/h6-9,13-16,22,27-29H,10-12,17-21H2,1-5H3,(H,35,41)(H,36,39)(H,37,40)/t28-,29+/m1/s1. The van der Waals surface area contributed by atoms with E-state index in [-0.39, 0.29) is 30.4 Å². The summed E-state index contributed by atoms with van der Waals surface area (Å²) in [4.78, 5) is 52.8.